The van der Waals surface area contributed by atoms with Crippen LogP contribution in [0.5, 0.6) is 0 Å². The molecule has 0 saturated heterocycles. The van der Waals surface area contributed by atoms with Crippen LogP contribution >= 0.6 is 46.4 Å². The van der Waals surface area contributed by atoms with Crippen molar-refractivity contribution in [1.82, 2.24) is 4.31 Å². The second-order valence-corrected chi connectivity index (χ2v) is 11.9. The van der Waals surface area contributed by atoms with Gasteiger partial charge in [-0.2, -0.15) is 4.31 Å². The minimum atomic E-state index is -4.28. The van der Waals surface area contributed by atoms with Crippen molar-refractivity contribution in [3.8, 4) is 11.1 Å². The molecule has 4 nitrogen and oxygen atoms in total. The molecule has 0 heterocycles. The Bertz CT molecular complexity index is 1420. The molecule has 1 N–H and O–H groups in total. The molecule has 0 fully saturated rings. The van der Waals surface area contributed by atoms with E-state index in [0.717, 1.165) is 15.4 Å². The number of benzene rings is 3. The van der Waals surface area contributed by atoms with Gasteiger partial charge in [0.15, 0.2) is 0 Å². The summed E-state index contributed by atoms with van der Waals surface area (Å²) in [5.41, 5.74) is 2.76. The van der Waals surface area contributed by atoms with Gasteiger partial charge in [-0.25, -0.2) is 12.8 Å². The molecule has 0 bridgehead atoms. The largest absolute Gasteiger partial charge is 0.386 e. The highest BCUT2D eigenvalue weighted by Crippen LogP contribution is 2.33. The summed E-state index contributed by atoms with van der Waals surface area (Å²) in [5.74, 6) is -0.445. The van der Waals surface area contributed by atoms with Gasteiger partial charge in [-0.15, -0.1) is 11.6 Å². The van der Waals surface area contributed by atoms with Crippen LogP contribution in [0.25, 0.3) is 11.1 Å². The lowest BCUT2D eigenvalue weighted by Gasteiger charge is -2.29. The molecule has 3 aromatic carbocycles. The van der Waals surface area contributed by atoms with Gasteiger partial charge in [0.05, 0.1) is 10.3 Å². The van der Waals surface area contributed by atoms with Gasteiger partial charge < -0.3 is 5.11 Å². The van der Waals surface area contributed by atoms with E-state index in [1.165, 1.54) is 36.4 Å². The molecule has 188 valence electrons. The quantitative estimate of drug-likeness (QED) is 0.300. The van der Waals surface area contributed by atoms with Gasteiger partial charge in [-0.05, 0) is 70.8 Å². The number of halogens is 5. The van der Waals surface area contributed by atoms with Gasteiger partial charge in [-0.1, -0.05) is 65.1 Å². The average molecular weight is 587 g/mol. The molecule has 1 aliphatic rings. The number of hydrogen-bond acceptors (Lipinski definition) is 3. The molecule has 0 spiro atoms. The van der Waals surface area contributed by atoms with Crippen molar-refractivity contribution < 1.29 is 17.9 Å². The lowest BCUT2D eigenvalue weighted by atomic mass is 10.0. The van der Waals surface area contributed by atoms with Crippen molar-refractivity contribution in [3.63, 3.8) is 0 Å². The van der Waals surface area contributed by atoms with E-state index in [2.05, 4.69) is 0 Å². The SMILES string of the molecule is O=S(=O)(C1=CC(Cl)=CC(Cl)C1O)N(Cc1ccc(F)cc1)Cc1cc(-c2ccc(Cl)cc2)ccc1Cl. The highest BCUT2D eigenvalue weighted by molar-refractivity contribution is 7.93. The standard InChI is InChI=1S/C26H20Cl4FNO3S/c27-20-6-3-17(4-7-20)18-5-10-23(29)19(11-18)15-32(14-16-1-8-22(31)9-2-16)36(34,35)25-13-21(28)12-24(30)26(25)33/h1-13,24,26,33H,14-15H2. The number of rotatable bonds is 7. The number of alkyl halides is 1. The van der Waals surface area contributed by atoms with Crippen LogP contribution in [0.1, 0.15) is 11.1 Å². The molecule has 10 heteroatoms. The average Bonchev–Trinajstić information content (AvgIpc) is 2.84. The van der Waals surface area contributed by atoms with Gasteiger partial charge in [0.2, 0.25) is 10.0 Å². The van der Waals surface area contributed by atoms with E-state index < -0.39 is 27.3 Å². The van der Waals surface area contributed by atoms with Crippen molar-refractivity contribution in [2.45, 2.75) is 24.6 Å². The van der Waals surface area contributed by atoms with Crippen molar-refractivity contribution in [2.75, 3.05) is 0 Å². The summed E-state index contributed by atoms with van der Waals surface area (Å²) in [4.78, 5) is -0.331. The number of aliphatic hydroxyl groups excluding tert-OH is 1. The third kappa shape index (κ3) is 6.14. The molecular weight excluding hydrogens is 567 g/mol. The van der Waals surface area contributed by atoms with Gasteiger partial charge >= 0.3 is 0 Å². The maximum Gasteiger partial charge on any atom is 0.242 e. The van der Waals surface area contributed by atoms with Crippen LogP contribution in [0.3, 0.4) is 0 Å². The number of hydrogen-bond donors (Lipinski definition) is 1. The third-order valence-corrected chi connectivity index (χ3v) is 8.79. The Hall–Kier alpha value is -1.90. The van der Waals surface area contributed by atoms with Crippen molar-refractivity contribution in [3.05, 3.63) is 116 Å². The second kappa shape index (κ2) is 11.2. The highest BCUT2D eigenvalue weighted by Gasteiger charge is 2.36. The first kappa shape index (κ1) is 27.1. The van der Waals surface area contributed by atoms with Gasteiger partial charge in [0.25, 0.3) is 0 Å². The van der Waals surface area contributed by atoms with E-state index >= 15 is 0 Å². The van der Waals surface area contributed by atoms with E-state index in [1.807, 2.05) is 18.2 Å². The summed E-state index contributed by atoms with van der Waals surface area (Å²) in [7, 11) is -4.28. The van der Waals surface area contributed by atoms with E-state index in [0.29, 0.717) is 21.2 Å². The van der Waals surface area contributed by atoms with Crippen LogP contribution in [0.4, 0.5) is 4.39 Å². The minimum Gasteiger partial charge on any atom is -0.386 e. The summed E-state index contributed by atoms with van der Waals surface area (Å²) in [5, 5.41) is 10.6. The fourth-order valence-electron chi connectivity index (χ4n) is 3.77. The third-order valence-electron chi connectivity index (χ3n) is 5.67. The van der Waals surface area contributed by atoms with Crippen LogP contribution in [0.2, 0.25) is 10.0 Å². The fourth-order valence-corrected chi connectivity index (χ4v) is 6.46. The van der Waals surface area contributed by atoms with E-state index in [-0.39, 0.29) is 23.0 Å². The molecule has 0 aromatic heterocycles. The normalized spacial score (nSPS) is 18.2. The zero-order valence-electron chi connectivity index (χ0n) is 18.6. The van der Waals surface area contributed by atoms with Crippen molar-refractivity contribution in [1.29, 1.82) is 0 Å². The minimum absolute atomic E-state index is 0.100. The Labute approximate surface area is 229 Å². The summed E-state index contributed by atoms with van der Waals surface area (Å²) < 4.78 is 42.2. The number of sulfonamides is 1. The maximum atomic E-state index is 13.8. The molecule has 36 heavy (non-hydrogen) atoms. The molecule has 4 rings (SSSR count). The summed E-state index contributed by atoms with van der Waals surface area (Å²) >= 11 is 24.7. The molecule has 0 aliphatic heterocycles. The topological polar surface area (TPSA) is 57.6 Å². The lowest BCUT2D eigenvalue weighted by Crippen LogP contribution is -2.38. The van der Waals surface area contributed by atoms with Crippen LogP contribution in [0.15, 0.2) is 88.8 Å². The Morgan fingerprint density at radius 3 is 2.19 bits per heavy atom. The summed E-state index contributed by atoms with van der Waals surface area (Å²) in [6.07, 6.45) is 1.05. The lowest BCUT2D eigenvalue weighted by molar-refractivity contribution is 0.221. The molecule has 0 saturated carbocycles. The molecular formula is C26H20Cl4FNO3S. The van der Waals surface area contributed by atoms with E-state index in [9.17, 15) is 17.9 Å². The smallest absolute Gasteiger partial charge is 0.242 e. The Morgan fingerprint density at radius 1 is 0.889 bits per heavy atom. The van der Waals surface area contributed by atoms with Crippen LogP contribution in [-0.4, -0.2) is 29.3 Å². The monoisotopic (exact) mass is 585 g/mol. The molecule has 2 unspecified atom stereocenters. The van der Waals surface area contributed by atoms with Crippen molar-refractivity contribution in [2.24, 2.45) is 0 Å². The Morgan fingerprint density at radius 2 is 1.53 bits per heavy atom. The highest BCUT2D eigenvalue weighted by atomic mass is 35.5. The number of nitrogens with zero attached hydrogens (tertiary/aromatic N) is 1. The molecule has 0 amide bonds. The zero-order valence-corrected chi connectivity index (χ0v) is 22.4. The molecule has 1 aliphatic carbocycles. The fraction of sp³-hybridized carbons (Fsp3) is 0.154. The van der Waals surface area contributed by atoms with Crippen LogP contribution < -0.4 is 0 Å². The van der Waals surface area contributed by atoms with Crippen LogP contribution in [-0.2, 0) is 23.1 Å². The Balaban J connectivity index is 1.75. The molecule has 0 radical (unpaired) electrons. The number of aliphatic hydroxyl groups is 1. The molecule has 3 aromatic rings. The predicted octanol–water partition coefficient (Wildman–Crippen LogP) is 7.12. The molecule has 2 atom stereocenters. The summed E-state index contributed by atoms with van der Waals surface area (Å²) in [6, 6.07) is 18.0. The summed E-state index contributed by atoms with van der Waals surface area (Å²) in [6.45, 7) is -0.235. The van der Waals surface area contributed by atoms with Gasteiger partial charge in [0, 0.05) is 28.2 Å². The zero-order chi connectivity index (χ0) is 26.0. The first-order valence-corrected chi connectivity index (χ1v) is 13.8. The predicted molar refractivity (Wildman–Crippen MR) is 144 cm³/mol. The van der Waals surface area contributed by atoms with Gasteiger partial charge in [0.1, 0.15) is 11.9 Å². The Kier molecular flexibility index (Phi) is 8.47. The van der Waals surface area contributed by atoms with E-state index in [4.69, 9.17) is 46.4 Å². The van der Waals surface area contributed by atoms with Crippen molar-refractivity contribution >= 4 is 56.4 Å². The van der Waals surface area contributed by atoms with Gasteiger partial charge in [-0.3, -0.25) is 0 Å². The maximum absolute atomic E-state index is 13.8. The first-order chi connectivity index (χ1) is 17.0. The number of allylic oxidation sites excluding steroid dienone is 2. The second-order valence-electron chi connectivity index (χ2n) is 8.20. The van der Waals surface area contributed by atoms with Crippen LogP contribution in [0, 0.1) is 5.82 Å². The first-order valence-electron chi connectivity index (χ1n) is 10.7. The van der Waals surface area contributed by atoms with E-state index in [1.54, 1.807) is 24.3 Å².